The number of carbonyl (C=O) groups excluding carboxylic acids is 1. The van der Waals surface area contributed by atoms with Crippen LogP contribution in [-0.4, -0.2) is 61.0 Å². The lowest BCUT2D eigenvalue weighted by atomic mass is 10.2. The molecule has 1 aliphatic rings. The topological polar surface area (TPSA) is 86.7 Å². The molecule has 0 aromatic heterocycles. The molecule has 0 aliphatic carbocycles. The highest BCUT2D eigenvalue weighted by Gasteiger charge is 2.31. The van der Waals surface area contributed by atoms with Gasteiger partial charge in [0, 0.05) is 31.0 Å². The number of hydrogen-bond donors (Lipinski definition) is 2. The van der Waals surface area contributed by atoms with Gasteiger partial charge >= 0.3 is 0 Å². The molecule has 1 aliphatic heterocycles. The number of rotatable bonds is 7. The van der Waals surface area contributed by atoms with Gasteiger partial charge in [-0.15, -0.1) is 0 Å². The fourth-order valence-corrected chi connectivity index (χ4v) is 4.37. The van der Waals surface area contributed by atoms with E-state index in [1.54, 1.807) is 11.8 Å². The van der Waals surface area contributed by atoms with Gasteiger partial charge in [0.2, 0.25) is 10.0 Å². The third-order valence-corrected chi connectivity index (χ3v) is 6.40. The molecule has 8 heteroatoms. The van der Waals surface area contributed by atoms with Gasteiger partial charge in [-0.1, -0.05) is 6.92 Å². The largest absolute Gasteiger partial charge is 0.392 e. The summed E-state index contributed by atoms with van der Waals surface area (Å²) >= 11 is 1.75. The second kappa shape index (κ2) is 8.14. The number of aliphatic hydroxyl groups is 1. The van der Waals surface area contributed by atoms with Gasteiger partial charge < -0.3 is 10.4 Å². The van der Waals surface area contributed by atoms with E-state index in [0.29, 0.717) is 25.1 Å². The average molecular weight is 358 g/mol. The molecule has 2 N–H and O–H groups in total. The molecule has 1 heterocycles. The Hall–Kier alpha value is -1.09. The standard InChI is InChI=1S/C15H22N2O4S2/c1-2-22-10-8-16-15(19)12-3-5-14(6-4-12)23(20,21)17-9-7-13(18)11-17/h3-6,13,18H,2,7-11H2,1H3,(H,16,19)/t13-/m1/s1. The third-order valence-electron chi connectivity index (χ3n) is 3.62. The van der Waals surface area contributed by atoms with Crippen LogP contribution in [0.2, 0.25) is 0 Å². The van der Waals surface area contributed by atoms with Crippen LogP contribution in [0.15, 0.2) is 29.2 Å². The van der Waals surface area contributed by atoms with Crippen LogP contribution in [-0.2, 0) is 10.0 Å². The number of β-amino-alcohol motifs (C(OH)–C–C–N with tert-alkyl or cyclic N) is 1. The molecule has 128 valence electrons. The minimum absolute atomic E-state index is 0.125. The summed E-state index contributed by atoms with van der Waals surface area (Å²) in [6.07, 6.45) is -0.147. The molecule has 1 amide bonds. The normalized spacial score (nSPS) is 19.0. The molecule has 1 aromatic rings. The fraction of sp³-hybridized carbons (Fsp3) is 0.533. The maximum Gasteiger partial charge on any atom is 0.251 e. The molecule has 2 rings (SSSR count). The summed E-state index contributed by atoms with van der Waals surface area (Å²) in [6.45, 7) is 3.09. The summed E-state index contributed by atoms with van der Waals surface area (Å²) in [5.41, 5.74) is 0.437. The smallest absolute Gasteiger partial charge is 0.251 e. The van der Waals surface area contributed by atoms with Crippen LogP contribution in [0.4, 0.5) is 0 Å². The van der Waals surface area contributed by atoms with Crippen LogP contribution in [0.25, 0.3) is 0 Å². The van der Waals surface area contributed by atoms with Crippen molar-refractivity contribution >= 4 is 27.7 Å². The molecule has 1 aromatic carbocycles. The van der Waals surface area contributed by atoms with E-state index in [-0.39, 0.29) is 17.3 Å². The fourth-order valence-electron chi connectivity index (χ4n) is 2.34. The second-order valence-corrected chi connectivity index (χ2v) is 8.61. The molecule has 1 saturated heterocycles. The average Bonchev–Trinajstić information content (AvgIpc) is 2.99. The van der Waals surface area contributed by atoms with Gasteiger partial charge in [-0.25, -0.2) is 8.42 Å². The molecule has 0 radical (unpaired) electrons. The molecule has 0 unspecified atom stereocenters. The van der Waals surface area contributed by atoms with Crippen molar-refractivity contribution in [1.82, 2.24) is 9.62 Å². The quantitative estimate of drug-likeness (QED) is 0.708. The summed E-state index contributed by atoms with van der Waals surface area (Å²) in [7, 11) is -3.60. The van der Waals surface area contributed by atoms with Crippen LogP contribution in [0.1, 0.15) is 23.7 Å². The molecular weight excluding hydrogens is 336 g/mol. The zero-order chi connectivity index (χ0) is 16.9. The lowest BCUT2D eigenvalue weighted by Crippen LogP contribution is -2.30. The summed E-state index contributed by atoms with van der Waals surface area (Å²) in [4.78, 5) is 12.1. The number of nitrogens with one attached hydrogen (secondary N) is 1. The van der Waals surface area contributed by atoms with Gasteiger partial charge in [0.15, 0.2) is 0 Å². The third kappa shape index (κ3) is 4.69. The Balaban J connectivity index is 2.00. The Labute approximate surface area is 141 Å². The second-order valence-electron chi connectivity index (χ2n) is 5.28. The molecular formula is C15H22N2O4S2. The Kier molecular flexibility index (Phi) is 6.46. The molecule has 6 nitrogen and oxygen atoms in total. The van der Waals surface area contributed by atoms with E-state index in [1.165, 1.54) is 28.6 Å². The van der Waals surface area contributed by atoms with Crippen molar-refractivity contribution in [2.75, 3.05) is 31.1 Å². The maximum atomic E-state index is 12.4. The predicted octanol–water partition coefficient (Wildman–Crippen LogP) is 0.925. The van der Waals surface area contributed by atoms with Crippen LogP contribution in [0.5, 0.6) is 0 Å². The SMILES string of the molecule is CCSCCNC(=O)c1ccc(S(=O)(=O)N2CC[C@@H](O)C2)cc1. The monoisotopic (exact) mass is 358 g/mol. The summed E-state index contributed by atoms with van der Waals surface area (Å²) in [5.74, 6) is 1.65. The van der Waals surface area contributed by atoms with Gasteiger partial charge in [-0.3, -0.25) is 4.79 Å². The molecule has 1 fully saturated rings. The van der Waals surface area contributed by atoms with Crippen LogP contribution < -0.4 is 5.32 Å². The molecule has 0 saturated carbocycles. The van der Waals surface area contributed by atoms with Gasteiger partial charge in [0.25, 0.3) is 5.91 Å². The van der Waals surface area contributed by atoms with Gasteiger partial charge in [-0.2, -0.15) is 16.1 Å². The van der Waals surface area contributed by atoms with Crippen molar-refractivity contribution in [2.45, 2.75) is 24.3 Å². The van der Waals surface area contributed by atoms with Crippen LogP contribution in [0.3, 0.4) is 0 Å². The van der Waals surface area contributed by atoms with E-state index in [4.69, 9.17) is 0 Å². The number of hydrogen-bond acceptors (Lipinski definition) is 5. The first-order valence-corrected chi connectivity index (χ1v) is 10.2. The summed E-state index contributed by atoms with van der Waals surface area (Å²) < 4.78 is 26.1. The van der Waals surface area contributed by atoms with Crippen LogP contribution >= 0.6 is 11.8 Å². The number of amides is 1. The molecule has 0 bridgehead atoms. The number of aliphatic hydroxyl groups excluding tert-OH is 1. The van der Waals surface area contributed by atoms with Gasteiger partial charge in [0.05, 0.1) is 11.0 Å². The lowest BCUT2D eigenvalue weighted by molar-refractivity contribution is 0.0956. The van der Waals surface area contributed by atoms with Gasteiger partial charge in [-0.05, 0) is 36.4 Å². The zero-order valence-corrected chi connectivity index (χ0v) is 14.7. The van der Waals surface area contributed by atoms with Crippen molar-refractivity contribution in [1.29, 1.82) is 0 Å². The first kappa shape index (κ1) is 18.3. The Morgan fingerprint density at radius 1 is 1.39 bits per heavy atom. The van der Waals surface area contributed by atoms with Crippen molar-refractivity contribution in [2.24, 2.45) is 0 Å². The van der Waals surface area contributed by atoms with Crippen LogP contribution in [0, 0.1) is 0 Å². The van der Waals surface area contributed by atoms with E-state index in [9.17, 15) is 18.3 Å². The number of sulfonamides is 1. The summed E-state index contributed by atoms with van der Waals surface area (Å²) in [5, 5.41) is 12.3. The number of carbonyl (C=O) groups is 1. The van der Waals surface area contributed by atoms with E-state index in [2.05, 4.69) is 12.2 Å². The van der Waals surface area contributed by atoms with Crippen molar-refractivity contribution in [3.05, 3.63) is 29.8 Å². The molecule has 1 atom stereocenters. The maximum absolute atomic E-state index is 12.4. The van der Waals surface area contributed by atoms with E-state index in [0.717, 1.165) is 11.5 Å². The molecule has 23 heavy (non-hydrogen) atoms. The number of benzene rings is 1. The number of nitrogens with zero attached hydrogens (tertiary/aromatic N) is 1. The zero-order valence-electron chi connectivity index (χ0n) is 13.1. The summed E-state index contributed by atoms with van der Waals surface area (Å²) in [6, 6.07) is 5.91. The van der Waals surface area contributed by atoms with Gasteiger partial charge in [0.1, 0.15) is 0 Å². The highest BCUT2D eigenvalue weighted by molar-refractivity contribution is 7.99. The Bertz CT molecular complexity index is 631. The Morgan fingerprint density at radius 3 is 2.65 bits per heavy atom. The van der Waals surface area contributed by atoms with E-state index < -0.39 is 16.1 Å². The highest BCUT2D eigenvalue weighted by atomic mass is 32.2. The first-order valence-electron chi connectivity index (χ1n) is 7.59. The van der Waals surface area contributed by atoms with E-state index in [1.807, 2.05) is 0 Å². The predicted molar refractivity (Wildman–Crippen MR) is 91.2 cm³/mol. The number of thioether (sulfide) groups is 1. The van der Waals surface area contributed by atoms with E-state index >= 15 is 0 Å². The highest BCUT2D eigenvalue weighted by Crippen LogP contribution is 2.21. The molecule has 0 spiro atoms. The lowest BCUT2D eigenvalue weighted by Gasteiger charge is -2.15. The van der Waals surface area contributed by atoms with Crippen molar-refractivity contribution in [3.8, 4) is 0 Å². The minimum Gasteiger partial charge on any atom is -0.392 e. The van der Waals surface area contributed by atoms with Crippen molar-refractivity contribution in [3.63, 3.8) is 0 Å². The first-order chi connectivity index (χ1) is 10.9. The Morgan fingerprint density at radius 2 is 2.09 bits per heavy atom. The minimum atomic E-state index is -3.60. The van der Waals surface area contributed by atoms with Crippen molar-refractivity contribution < 1.29 is 18.3 Å².